The van der Waals surface area contributed by atoms with Crippen molar-refractivity contribution in [2.45, 2.75) is 13.1 Å². The van der Waals surface area contributed by atoms with Crippen LogP contribution in [0.4, 0.5) is 5.13 Å². The van der Waals surface area contributed by atoms with E-state index in [-0.39, 0.29) is 0 Å². The average molecular weight is 362 g/mol. The van der Waals surface area contributed by atoms with Gasteiger partial charge in [0.1, 0.15) is 0 Å². The molecule has 2 aromatic rings. The molecule has 0 aliphatic heterocycles. The Labute approximate surface area is 129 Å². The molecule has 4 nitrogen and oxygen atoms in total. The van der Waals surface area contributed by atoms with Gasteiger partial charge in [-0.3, -0.25) is 0 Å². The molecule has 0 aromatic carbocycles. The number of halogens is 1. The highest BCUT2D eigenvalue weighted by Gasteiger charge is 2.12. The molecule has 104 valence electrons. The minimum atomic E-state index is 0.714. The molecule has 19 heavy (non-hydrogen) atoms. The second kappa shape index (κ2) is 6.69. The molecule has 0 unspecified atom stereocenters. The first-order chi connectivity index (χ1) is 9.11. The zero-order valence-corrected chi connectivity index (χ0v) is 14.3. The first-order valence-electron chi connectivity index (χ1n) is 5.75. The lowest BCUT2D eigenvalue weighted by molar-refractivity contribution is 0.395. The van der Waals surface area contributed by atoms with Gasteiger partial charge in [0.2, 0.25) is 5.88 Å². The molecule has 0 amide bonds. The van der Waals surface area contributed by atoms with Gasteiger partial charge in [-0.25, -0.2) is 0 Å². The van der Waals surface area contributed by atoms with Gasteiger partial charge >= 0.3 is 0 Å². The molecular formula is C12H16BrN3OS2. The number of rotatable bonds is 6. The molecule has 1 N–H and O–H groups in total. The van der Waals surface area contributed by atoms with Crippen LogP contribution in [0.1, 0.15) is 9.75 Å². The Kier molecular flexibility index (Phi) is 5.20. The molecule has 0 bridgehead atoms. The fourth-order valence-corrected chi connectivity index (χ4v) is 3.91. The number of ether oxygens (including phenoxy) is 1. The second-order valence-electron chi connectivity index (χ2n) is 4.12. The van der Waals surface area contributed by atoms with Crippen LogP contribution in [0.15, 0.2) is 15.9 Å². The number of anilines is 1. The number of thiophene rings is 1. The van der Waals surface area contributed by atoms with E-state index in [1.54, 1.807) is 29.8 Å². The standard InChI is InChI=1S/C12H16BrN3OS2/c1-16(2)12-15-11(17-3)10(19-12)7-14-6-9-8(13)4-5-18-9/h4-5,14H,6-7H2,1-3H3. The molecule has 0 saturated heterocycles. The highest BCUT2D eigenvalue weighted by molar-refractivity contribution is 9.10. The minimum absolute atomic E-state index is 0.714. The maximum Gasteiger partial charge on any atom is 0.230 e. The van der Waals surface area contributed by atoms with Gasteiger partial charge in [-0.15, -0.1) is 11.3 Å². The molecule has 0 fully saturated rings. The quantitative estimate of drug-likeness (QED) is 0.855. The predicted molar refractivity (Wildman–Crippen MR) is 85.6 cm³/mol. The summed E-state index contributed by atoms with van der Waals surface area (Å²) in [6, 6.07) is 2.07. The monoisotopic (exact) mass is 361 g/mol. The van der Waals surface area contributed by atoms with Crippen LogP contribution in [0.3, 0.4) is 0 Å². The zero-order chi connectivity index (χ0) is 13.8. The molecule has 2 rings (SSSR count). The van der Waals surface area contributed by atoms with E-state index in [2.05, 4.69) is 37.7 Å². The van der Waals surface area contributed by atoms with Crippen molar-refractivity contribution < 1.29 is 4.74 Å². The Morgan fingerprint density at radius 1 is 1.37 bits per heavy atom. The lowest BCUT2D eigenvalue weighted by Gasteiger charge is -2.05. The third-order valence-electron chi connectivity index (χ3n) is 2.49. The molecule has 0 atom stereocenters. The van der Waals surface area contributed by atoms with Gasteiger partial charge < -0.3 is 15.0 Å². The van der Waals surface area contributed by atoms with Crippen molar-refractivity contribution in [2.75, 3.05) is 26.1 Å². The van der Waals surface area contributed by atoms with Gasteiger partial charge in [0.15, 0.2) is 5.13 Å². The summed E-state index contributed by atoms with van der Waals surface area (Å²) in [7, 11) is 5.63. The summed E-state index contributed by atoms with van der Waals surface area (Å²) in [6.07, 6.45) is 0. The van der Waals surface area contributed by atoms with E-state index >= 15 is 0 Å². The largest absolute Gasteiger partial charge is 0.480 e. The zero-order valence-electron chi connectivity index (χ0n) is 11.1. The third-order valence-corrected chi connectivity index (χ3v) is 5.62. The van der Waals surface area contributed by atoms with Crippen molar-refractivity contribution in [3.05, 3.63) is 25.7 Å². The van der Waals surface area contributed by atoms with Gasteiger partial charge in [-0.1, -0.05) is 11.3 Å². The van der Waals surface area contributed by atoms with Crippen molar-refractivity contribution in [2.24, 2.45) is 0 Å². The molecule has 0 spiro atoms. The Balaban J connectivity index is 1.97. The van der Waals surface area contributed by atoms with E-state index < -0.39 is 0 Å². The van der Waals surface area contributed by atoms with Crippen LogP contribution in [0.25, 0.3) is 0 Å². The number of nitrogens with one attached hydrogen (secondary N) is 1. The number of thiazole rings is 1. The maximum absolute atomic E-state index is 5.31. The summed E-state index contributed by atoms with van der Waals surface area (Å²) in [4.78, 5) is 8.86. The summed E-state index contributed by atoms with van der Waals surface area (Å²) in [5.74, 6) is 0.714. The molecule has 2 aromatic heterocycles. The van der Waals surface area contributed by atoms with Crippen molar-refractivity contribution in [3.63, 3.8) is 0 Å². The summed E-state index contributed by atoms with van der Waals surface area (Å²) in [6.45, 7) is 1.61. The minimum Gasteiger partial charge on any atom is -0.480 e. The van der Waals surface area contributed by atoms with Gasteiger partial charge in [0, 0.05) is 36.5 Å². The van der Waals surface area contributed by atoms with Crippen LogP contribution in [-0.4, -0.2) is 26.2 Å². The normalized spacial score (nSPS) is 10.7. The maximum atomic E-state index is 5.31. The third kappa shape index (κ3) is 3.68. The number of nitrogens with zero attached hydrogens (tertiary/aromatic N) is 2. The van der Waals surface area contributed by atoms with Crippen molar-refractivity contribution >= 4 is 43.7 Å². The first-order valence-corrected chi connectivity index (χ1v) is 8.24. The Morgan fingerprint density at radius 3 is 2.68 bits per heavy atom. The molecule has 0 radical (unpaired) electrons. The fourth-order valence-electron chi connectivity index (χ4n) is 1.53. The summed E-state index contributed by atoms with van der Waals surface area (Å²) in [5.41, 5.74) is 0. The van der Waals surface area contributed by atoms with Crippen LogP contribution in [0, 0.1) is 0 Å². The van der Waals surface area contributed by atoms with Crippen molar-refractivity contribution in [1.29, 1.82) is 0 Å². The molecule has 0 aliphatic rings. The van der Waals surface area contributed by atoms with E-state index in [9.17, 15) is 0 Å². The smallest absolute Gasteiger partial charge is 0.230 e. The Morgan fingerprint density at radius 2 is 2.11 bits per heavy atom. The lowest BCUT2D eigenvalue weighted by Crippen LogP contribution is -2.11. The van der Waals surface area contributed by atoms with Crippen LogP contribution in [0.5, 0.6) is 5.88 Å². The van der Waals surface area contributed by atoms with E-state index in [4.69, 9.17) is 4.74 Å². The van der Waals surface area contributed by atoms with Crippen LogP contribution < -0.4 is 15.0 Å². The van der Waals surface area contributed by atoms with Crippen LogP contribution >= 0.6 is 38.6 Å². The van der Waals surface area contributed by atoms with Gasteiger partial charge in [0.05, 0.1) is 12.0 Å². The number of aromatic nitrogens is 1. The van der Waals surface area contributed by atoms with E-state index in [0.29, 0.717) is 5.88 Å². The predicted octanol–water partition coefficient (Wildman–Crippen LogP) is 3.33. The van der Waals surface area contributed by atoms with Crippen molar-refractivity contribution in [1.82, 2.24) is 10.3 Å². The highest BCUT2D eigenvalue weighted by atomic mass is 79.9. The number of hydrogen-bond donors (Lipinski definition) is 1. The Bertz CT molecular complexity index is 539. The summed E-state index contributed by atoms with van der Waals surface area (Å²) in [5, 5.41) is 6.47. The SMILES string of the molecule is COc1nc(N(C)C)sc1CNCc1sccc1Br. The molecular weight excluding hydrogens is 346 g/mol. The van der Waals surface area contributed by atoms with Crippen LogP contribution in [-0.2, 0) is 13.1 Å². The Hall–Kier alpha value is -0.630. The molecule has 0 aliphatic carbocycles. The summed E-state index contributed by atoms with van der Waals surface area (Å²) >= 11 is 6.93. The van der Waals surface area contributed by atoms with Crippen molar-refractivity contribution in [3.8, 4) is 5.88 Å². The molecule has 7 heteroatoms. The average Bonchev–Trinajstić information content (AvgIpc) is 2.96. The van der Waals surface area contributed by atoms with Gasteiger partial charge in [-0.05, 0) is 27.4 Å². The topological polar surface area (TPSA) is 37.4 Å². The number of hydrogen-bond acceptors (Lipinski definition) is 6. The van der Waals surface area contributed by atoms with Gasteiger partial charge in [0.25, 0.3) is 0 Å². The highest BCUT2D eigenvalue weighted by Crippen LogP contribution is 2.30. The second-order valence-corrected chi connectivity index (χ2v) is 7.04. The van der Waals surface area contributed by atoms with Crippen LogP contribution in [0.2, 0.25) is 0 Å². The lowest BCUT2D eigenvalue weighted by atomic mass is 10.4. The fraction of sp³-hybridized carbons (Fsp3) is 0.417. The van der Waals surface area contributed by atoms with Gasteiger partial charge in [-0.2, -0.15) is 4.98 Å². The van der Waals surface area contributed by atoms with E-state index in [1.807, 2.05) is 19.0 Å². The molecule has 0 saturated carbocycles. The summed E-state index contributed by atoms with van der Waals surface area (Å²) < 4.78 is 6.48. The van der Waals surface area contributed by atoms with E-state index in [0.717, 1.165) is 27.6 Å². The molecule has 2 heterocycles. The van der Waals surface area contributed by atoms with E-state index in [1.165, 1.54) is 4.88 Å². The number of methoxy groups -OCH3 is 1. The first kappa shape index (κ1) is 14.8.